The Balaban J connectivity index is 1.75. The fourth-order valence-corrected chi connectivity index (χ4v) is 2.63. The van der Waals surface area contributed by atoms with Crippen molar-refractivity contribution in [3.63, 3.8) is 0 Å². The number of furan rings is 1. The summed E-state index contributed by atoms with van der Waals surface area (Å²) in [4.78, 5) is 23.5. The van der Waals surface area contributed by atoms with Crippen LogP contribution in [0.25, 0.3) is 0 Å². The number of rotatable bonds is 5. The molecule has 0 unspecified atom stereocenters. The highest BCUT2D eigenvalue weighted by molar-refractivity contribution is 7.99. The molecule has 0 aliphatic heterocycles. The number of benzene rings is 1. The third-order valence-corrected chi connectivity index (χ3v) is 3.90. The van der Waals surface area contributed by atoms with Crippen molar-refractivity contribution in [1.29, 1.82) is 0 Å². The Bertz CT molecular complexity index is 653. The van der Waals surface area contributed by atoms with E-state index in [0.717, 1.165) is 16.9 Å². The lowest BCUT2D eigenvalue weighted by atomic mass is 10.1. The van der Waals surface area contributed by atoms with Gasteiger partial charge in [0.25, 0.3) is 0 Å². The highest BCUT2D eigenvalue weighted by Gasteiger charge is 2.09. The van der Waals surface area contributed by atoms with Crippen LogP contribution >= 0.6 is 11.8 Å². The van der Waals surface area contributed by atoms with E-state index >= 15 is 0 Å². The van der Waals surface area contributed by atoms with E-state index in [9.17, 15) is 9.59 Å². The number of hydrogen-bond acceptors (Lipinski definition) is 4. The minimum Gasteiger partial charge on any atom is -0.468 e. The number of nitrogens with one attached hydrogen (secondary N) is 2. The van der Waals surface area contributed by atoms with Crippen LogP contribution in [-0.4, -0.2) is 17.7 Å². The van der Waals surface area contributed by atoms with E-state index < -0.39 is 6.03 Å². The predicted molar refractivity (Wildman–Crippen MR) is 87.9 cm³/mol. The zero-order chi connectivity index (χ0) is 15.9. The molecule has 2 rings (SSSR count). The second kappa shape index (κ2) is 7.70. The quantitative estimate of drug-likeness (QED) is 0.885. The molecule has 0 spiro atoms. The molecular formula is C16H18N2O3S. The topological polar surface area (TPSA) is 71.3 Å². The first-order chi connectivity index (χ1) is 10.5. The molecular weight excluding hydrogens is 300 g/mol. The Morgan fingerprint density at radius 1 is 1.23 bits per heavy atom. The molecule has 116 valence electrons. The third kappa shape index (κ3) is 4.96. The summed E-state index contributed by atoms with van der Waals surface area (Å²) in [6.07, 6.45) is 1.59. The normalized spacial score (nSPS) is 10.3. The van der Waals surface area contributed by atoms with E-state index in [0.29, 0.717) is 11.4 Å². The fourth-order valence-electron chi connectivity index (χ4n) is 1.91. The van der Waals surface area contributed by atoms with E-state index in [-0.39, 0.29) is 11.7 Å². The zero-order valence-electron chi connectivity index (χ0n) is 12.5. The van der Waals surface area contributed by atoms with Gasteiger partial charge in [-0.1, -0.05) is 17.7 Å². The highest BCUT2D eigenvalue weighted by atomic mass is 32.2. The molecule has 0 aliphatic carbocycles. The second-order valence-electron chi connectivity index (χ2n) is 4.89. The van der Waals surface area contributed by atoms with Crippen LogP contribution in [0, 0.1) is 13.8 Å². The van der Waals surface area contributed by atoms with Gasteiger partial charge in [0.2, 0.25) is 5.91 Å². The molecule has 2 aromatic rings. The van der Waals surface area contributed by atoms with Crippen LogP contribution in [0.15, 0.2) is 41.0 Å². The van der Waals surface area contributed by atoms with Gasteiger partial charge in [0.05, 0.1) is 17.8 Å². The van der Waals surface area contributed by atoms with Gasteiger partial charge in [-0.2, -0.15) is 0 Å². The van der Waals surface area contributed by atoms with Gasteiger partial charge in [0, 0.05) is 5.69 Å². The molecule has 0 fully saturated rings. The SMILES string of the molecule is Cc1ccc(NC(=O)NC(=O)CSCc2ccco2)c(C)c1. The monoisotopic (exact) mass is 318 g/mol. The summed E-state index contributed by atoms with van der Waals surface area (Å²) in [5.74, 6) is 1.26. The van der Waals surface area contributed by atoms with Gasteiger partial charge in [-0.05, 0) is 37.6 Å². The Morgan fingerprint density at radius 3 is 2.73 bits per heavy atom. The van der Waals surface area contributed by atoms with Gasteiger partial charge in [-0.15, -0.1) is 11.8 Å². The number of hydrogen-bond donors (Lipinski definition) is 2. The molecule has 5 nitrogen and oxygen atoms in total. The minimum absolute atomic E-state index is 0.195. The maximum Gasteiger partial charge on any atom is 0.325 e. The summed E-state index contributed by atoms with van der Waals surface area (Å²) in [7, 11) is 0. The highest BCUT2D eigenvalue weighted by Crippen LogP contribution is 2.16. The van der Waals surface area contributed by atoms with Gasteiger partial charge in [0.1, 0.15) is 5.76 Å². The molecule has 22 heavy (non-hydrogen) atoms. The Labute approximate surface area is 133 Å². The maximum absolute atomic E-state index is 11.8. The lowest BCUT2D eigenvalue weighted by Gasteiger charge is -2.09. The molecule has 1 heterocycles. The molecule has 0 radical (unpaired) electrons. The van der Waals surface area contributed by atoms with Gasteiger partial charge >= 0.3 is 6.03 Å². The largest absolute Gasteiger partial charge is 0.468 e. The van der Waals surface area contributed by atoms with E-state index in [4.69, 9.17) is 4.42 Å². The lowest BCUT2D eigenvalue weighted by molar-refractivity contribution is -0.117. The summed E-state index contributed by atoms with van der Waals surface area (Å²) >= 11 is 1.39. The van der Waals surface area contributed by atoms with Gasteiger partial charge in [-0.25, -0.2) is 4.79 Å². The summed E-state index contributed by atoms with van der Waals surface area (Å²) in [6.45, 7) is 3.89. The van der Waals surface area contributed by atoms with Crippen LogP contribution in [0.3, 0.4) is 0 Å². The Hall–Kier alpha value is -2.21. The van der Waals surface area contributed by atoms with Crippen molar-refractivity contribution in [3.8, 4) is 0 Å². The van der Waals surface area contributed by atoms with Crippen molar-refractivity contribution in [2.45, 2.75) is 19.6 Å². The number of amides is 3. The Morgan fingerprint density at radius 2 is 2.05 bits per heavy atom. The molecule has 0 saturated carbocycles. The number of aryl methyl sites for hydroxylation is 2. The fraction of sp³-hybridized carbons (Fsp3) is 0.250. The minimum atomic E-state index is -0.518. The number of carbonyl (C=O) groups is 2. The average molecular weight is 318 g/mol. The van der Waals surface area contributed by atoms with Crippen LogP contribution in [-0.2, 0) is 10.5 Å². The summed E-state index contributed by atoms with van der Waals surface area (Å²) in [6, 6.07) is 8.82. The van der Waals surface area contributed by atoms with Gasteiger partial charge < -0.3 is 9.73 Å². The van der Waals surface area contributed by atoms with Crippen molar-refractivity contribution in [2.75, 3.05) is 11.1 Å². The third-order valence-electron chi connectivity index (χ3n) is 2.94. The van der Waals surface area contributed by atoms with Crippen molar-refractivity contribution in [1.82, 2.24) is 5.32 Å². The van der Waals surface area contributed by atoms with Crippen LogP contribution in [0.2, 0.25) is 0 Å². The average Bonchev–Trinajstić information content (AvgIpc) is 2.95. The van der Waals surface area contributed by atoms with E-state index in [1.807, 2.05) is 38.1 Å². The number of urea groups is 1. The molecule has 2 N–H and O–H groups in total. The van der Waals surface area contributed by atoms with E-state index in [2.05, 4.69) is 10.6 Å². The molecule has 3 amide bonds. The maximum atomic E-state index is 11.8. The lowest BCUT2D eigenvalue weighted by Crippen LogP contribution is -2.35. The number of thioether (sulfide) groups is 1. The van der Waals surface area contributed by atoms with Gasteiger partial charge in [0.15, 0.2) is 0 Å². The van der Waals surface area contributed by atoms with Crippen LogP contribution in [0.4, 0.5) is 10.5 Å². The van der Waals surface area contributed by atoms with Crippen LogP contribution < -0.4 is 10.6 Å². The molecule has 0 aliphatic rings. The summed E-state index contributed by atoms with van der Waals surface area (Å²) in [5.41, 5.74) is 2.77. The summed E-state index contributed by atoms with van der Waals surface area (Å²) < 4.78 is 5.17. The first-order valence-electron chi connectivity index (χ1n) is 6.83. The van der Waals surface area contributed by atoms with Crippen LogP contribution in [0.1, 0.15) is 16.9 Å². The second-order valence-corrected chi connectivity index (χ2v) is 5.88. The molecule has 1 aromatic heterocycles. The van der Waals surface area contributed by atoms with Crippen molar-refractivity contribution in [3.05, 3.63) is 53.5 Å². The van der Waals surface area contributed by atoms with E-state index in [1.165, 1.54) is 11.8 Å². The van der Waals surface area contributed by atoms with Crippen molar-refractivity contribution in [2.24, 2.45) is 0 Å². The number of anilines is 1. The van der Waals surface area contributed by atoms with Crippen molar-refractivity contribution < 1.29 is 14.0 Å². The van der Waals surface area contributed by atoms with Crippen LogP contribution in [0.5, 0.6) is 0 Å². The zero-order valence-corrected chi connectivity index (χ0v) is 13.3. The molecule has 0 bridgehead atoms. The van der Waals surface area contributed by atoms with Crippen molar-refractivity contribution >= 4 is 29.4 Å². The molecule has 6 heteroatoms. The smallest absolute Gasteiger partial charge is 0.325 e. The standard InChI is InChI=1S/C16H18N2O3S/c1-11-5-6-14(12(2)8-11)17-16(20)18-15(19)10-22-9-13-4-3-7-21-13/h3-8H,9-10H2,1-2H3,(H2,17,18,19,20). The number of carbonyl (C=O) groups excluding carboxylic acids is 2. The first kappa shape index (κ1) is 16.2. The Kier molecular flexibility index (Phi) is 5.66. The molecule has 1 aromatic carbocycles. The van der Waals surface area contributed by atoms with Gasteiger partial charge in [-0.3, -0.25) is 10.1 Å². The van der Waals surface area contributed by atoms with E-state index in [1.54, 1.807) is 12.3 Å². The predicted octanol–water partition coefficient (Wildman–Crippen LogP) is 3.48. The molecule has 0 atom stereocenters. The summed E-state index contributed by atoms with van der Waals surface area (Å²) in [5, 5.41) is 4.98. The molecule has 0 saturated heterocycles. The first-order valence-corrected chi connectivity index (χ1v) is 7.98. The number of imide groups is 1.